The molecule has 0 aromatic heterocycles. The van der Waals surface area contributed by atoms with Crippen LogP contribution in [0.5, 0.6) is 5.75 Å². The van der Waals surface area contributed by atoms with Crippen LogP contribution < -0.4 is 15.4 Å². The van der Waals surface area contributed by atoms with Crippen molar-refractivity contribution in [3.63, 3.8) is 0 Å². The maximum Gasteiger partial charge on any atom is 0.142 e. The Morgan fingerprint density at radius 2 is 2.14 bits per heavy atom. The van der Waals surface area contributed by atoms with Crippen LogP contribution in [0.1, 0.15) is 13.3 Å². The molecule has 0 amide bonds. The Balaban J connectivity index is 2.01. The summed E-state index contributed by atoms with van der Waals surface area (Å²) in [6.07, 6.45) is 0.870. The van der Waals surface area contributed by atoms with E-state index in [9.17, 15) is 0 Å². The van der Waals surface area contributed by atoms with Crippen LogP contribution in [-0.4, -0.2) is 62.0 Å². The summed E-state index contributed by atoms with van der Waals surface area (Å²) in [6, 6.07) is 8.63. The Morgan fingerprint density at radius 3 is 2.86 bits per heavy atom. The molecule has 0 bridgehead atoms. The van der Waals surface area contributed by atoms with E-state index in [-0.39, 0.29) is 6.61 Å². The molecule has 21 heavy (non-hydrogen) atoms. The Kier molecular flexibility index (Phi) is 6.29. The molecule has 1 aromatic rings. The zero-order valence-corrected chi connectivity index (χ0v) is 12.9. The van der Waals surface area contributed by atoms with Gasteiger partial charge in [-0.15, -0.1) is 0 Å². The van der Waals surface area contributed by atoms with Crippen LogP contribution >= 0.6 is 0 Å². The molecule has 1 aliphatic heterocycles. The highest BCUT2D eigenvalue weighted by atomic mass is 16.5. The molecule has 1 saturated heterocycles. The average molecular weight is 293 g/mol. The smallest absolute Gasteiger partial charge is 0.142 e. The molecule has 2 rings (SSSR count). The molecule has 1 heterocycles. The third kappa shape index (κ3) is 4.33. The number of aliphatic hydroxyl groups excluding tert-OH is 1. The summed E-state index contributed by atoms with van der Waals surface area (Å²) in [5, 5.41) is 9.10. The van der Waals surface area contributed by atoms with Gasteiger partial charge in [-0.2, -0.15) is 0 Å². The number of benzene rings is 1. The number of nitrogens with two attached hydrogens (primary N) is 1. The third-order valence-corrected chi connectivity index (χ3v) is 3.96. The lowest BCUT2D eigenvalue weighted by Gasteiger charge is -2.41. The predicted octanol–water partition coefficient (Wildman–Crippen LogP) is 0.917. The number of hydrogen-bond acceptors (Lipinski definition) is 5. The van der Waals surface area contributed by atoms with E-state index in [1.165, 1.54) is 0 Å². The van der Waals surface area contributed by atoms with E-state index < -0.39 is 0 Å². The lowest BCUT2D eigenvalue weighted by atomic mass is 10.1. The summed E-state index contributed by atoms with van der Waals surface area (Å²) in [4.78, 5) is 4.70. The van der Waals surface area contributed by atoms with Crippen molar-refractivity contribution in [2.75, 3.05) is 50.8 Å². The van der Waals surface area contributed by atoms with E-state index in [4.69, 9.17) is 15.6 Å². The van der Waals surface area contributed by atoms with Gasteiger partial charge in [-0.1, -0.05) is 12.1 Å². The van der Waals surface area contributed by atoms with E-state index in [1.807, 2.05) is 12.1 Å². The van der Waals surface area contributed by atoms with Crippen molar-refractivity contribution in [2.45, 2.75) is 19.4 Å². The number of nitrogens with zero attached hydrogens (tertiary/aromatic N) is 2. The van der Waals surface area contributed by atoms with E-state index in [1.54, 1.807) is 0 Å². The molecule has 1 unspecified atom stereocenters. The lowest BCUT2D eigenvalue weighted by Crippen LogP contribution is -2.52. The maximum absolute atomic E-state index is 9.10. The highest BCUT2D eigenvalue weighted by molar-refractivity contribution is 5.58. The molecule has 5 heteroatoms. The molecular weight excluding hydrogens is 266 g/mol. The molecule has 5 nitrogen and oxygen atoms in total. The molecule has 1 aliphatic rings. The minimum absolute atomic E-state index is 0.225. The number of β-amino-alcohol motifs (C(OH)–C–C–N with tert-alkyl or cyclic N) is 1. The summed E-state index contributed by atoms with van der Waals surface area (Å²) in [5.41, 5.74) is 6.68. The first kappa shape index (κ1) is 16.1. The second-order valence-corrected chi connectivity index (χ2v) is 5.51. The number of para-hydroxylation sites is 2. The molecule has 118 valence electrons. The first-order valence-corrected chi connectivity index (χ1v) is 7.78. The number of piperazine rings is 1. The van der Waals surface area contributed by atoms with Crippen LogP contribution in [0.25, 0.3) is 0 Å². The monoisotopic (exact) mass is 293 g/mol. The van der Waals surface area contributed by atoms with Gasteiger partial charge in [0.2, 0.25) is 0 Å². The second-order valence-electron chi connectivity index (χ2n) is 5.51. The van der Waals surface area contributed by atoms with Gasteiger partial charge in [0.25, 0.3) is 0 Å². The van der Waals surface area contributed by atoms with Gasteiger partial charge >= 0.3 is 0 Å². The third-order valence-electron chi connectivity index (χ3n) is 3.96. The van der Waals surface area contributed by atoms with E-state index >= 15 is 0 Å². The number of ether oxygens (including phenoxy) is 1. The maximum atomic E-state index is 9.10. The van der Waals surface area contributed by atoms with Crippen molar-refractivity contribution < 1.29 is 9.84 Å². The van der Waals surface area contributed by atoms with Crippen LogP contribution in [0.4, 0.5) is 5.69 Å². The van der Waals surface area contributed by atoms with Gasteiger partial charge in [0.05, 0.1) is 18.9 Å². The van der Waals surface area contributed by atoms with Crippen molar-refractivity contribution in [3.05, 3.63) is 24.3 Å². The van der Waals surface area contributed by atoms with E-state index in [2.05, 4.69) is 28.9 Å². The number of rotatable bonds is 7. The SMILES string of the molecule is CC1CN(c2ccccc2OCCCN)CCN1CCO. The molecule has 0 radical (unpaired) electrons. The fraction of sp³-hybridized carbons (Fsp3) is 0.625. The van der Waals surface area contributed by atoms with Gasteiger partial charge in [-0.3, -0.25) is 4.90 Å². The van der Waals surface area contributed by atoms with Crippen molar-refractivity contribution >= 4 is 5.69 Å². The fourth-order valence-electron chi connectivity index (χ4n) is 2.78. The molecule has 0 spiro atoms. The molecule has 0 saturated carbocycles. The zero-order chi connectivity index (χ0) is 15.1. The first-order chi connectivity index (χ1) is 10.3. The van der Waals surface area contributed by atoms with Gasteiger partial charge in [0, 0.05) is 32.2 Å². The molecule has 3 N–H and O–H groups in total. The summed E-state index contributed by atoms with van der Waals surface area (Å²) in [5.74, 6) is 0.939. The summed E-state index contributed by atoms with van der Waals surface area (Å²) < 4.78 is 5.87. The Morgan fingerprint density at radius 1 is 1.33 bits per heavy atom. The van der Waals surface area contributed by atoms with Gasteiger partial charge in [0.1, 0.15) is 5.75 Å². The average Bonchev–Trinajstić information content (AvgIpc) is 2.50. The van der Waals surface area contributed by atoms with Crippen molar-refractivity contribution in [3.8, 4) is 5.75 Å². The second kappa shape index (κ2) is 8.22. The highest BCUT2D eigenvalue weighted by Crippen LogP contribution is 2.29. The number of hydrogen-bond donors (Lipinski definition) is 2. The predicted molar refractivity (Wildman–Crippen MR) is 85.9 cm³/mol. The van der Waals surface area contributed by atoms with Gasteiger partial charge in [-0.05, 0) is 32.0 Å². The Bertz CT molecular complexity index is 428. The molecule has 0 aliphatic carbocycles. The standard InChI is InChI=1S/C16H27N3O2/c1-14-13-19(9-8-18(14)10-11-20)15-5-2-3-6-16(15)21-12-4-7-17/h2-3,5-6,14,20H,4,7-13,17H2,1H3. The van der Waals surface area contributed by atoms with Crippen LogP contribution in [0.3, 0.4) is 0 Å². The minimum Gasteiger partial charge on any atom is -0.491 e. The van der Waals surface area contributed by atoms with Crippen molar-refractivity contribution in [1.82, 2.24) is 4.90 Å². The Hall–Kier alpha value is -1.30. The lowest BCUT2D eigenvalue weighted by molar-refractivity contribution is 0.146. The largest absolute Gasteiger partial charge is 0.491 e. The normalized spacial score (nSPS) is 19.8. The molecular formula is C16H27N3O2. The van der Waals surface area contributed by atoms with E-state index in [0.717, 1.165) is 44.0 Å². The molecule has 1 fully saturated rings. The zero-order valence-electron chi connectivity index (χ0n) is 12.9. The first-order valence-electron chi connectivity index (χ1n) is 7.78. The van der Waals surface area contributed by atoms with Crippen molar-refractivity contribution in [2.24, 2.45) is 5.73 Å². The quantitative estimate of drug-likeness (QED) is 0.732. The van der Waals surface area contributed by atoms with Crippen LogP contribution in [-0.2, 0) is 0 Å². The van der Waals surface area contributed by atoms with Crippen LogP contribution in [0, 0.1) is 0 Å². The summed E-state index contributed by atoms with van der Waals surface area (Å²) >= 11 is 0. The highest BCUT2D eigenvalue weighted by Gasteiger charge is 2.24. The summed E-state index contributed by atoms with van der Waals surface area (Å²) in [6.45, 7) is 7.39. The topological polar surface area (TPSA) is 62.0 Å². The number of anilines is 1. The molecule has 1 aromatic carbocycles. The van der Waals surface area contributed by atoms with E-state index in [0.29, 0.717) is 19.2 Å². The van der Waals surface area contributed by atoms with Gasteiger partial charge in [0.15, 0.2) is 0 Å². The van der Waals surface area contributed by atoms with Gasteiger partial charge in [-0.25, -0.2) is 0 Å². The molecule has 1 atom stereocenters. The van der Waals surface area contributed by atoms with Crippen LogP contribution in [0.2, 0.25) is 0 Å². The van der Waals surface area contributed by atoms with Crippen LogP contribution in [0.15, 0.2) is 24.3 Å². The number of aliphatic hydroxyl groups is 1. The van der Waals surface area contributed by atoms with Gasteiger partial charge < -0.3 is 20.5 Å². The summed E-state index contributed by atoms with van der Waals surface area (Å²) in [7, 11) is 0. The fourth-order valence-corrected chi connectivity index (χ4v) is 2.78. The minimum atomic E-state index is 0.225. The Labute approximate surface area is 127 Å². The van der Waals surface area contributed by atoms with Crippen molar-refractivity contribution in [1.29, 1.82) is 0 Å².